The van der Waals surface area contributed by atoms with E-state index in [1.165, 1.54) is 0 Å². The summed E-state index contributed by atoms with van der Waals surface area (Å²) in [5.41, 5.74) is 1.37. The highest BCUT2D eigenvalue weighted by molar-refractivity contribution is 6.06. The van der Waals surface area contributed by atoms with Crippen LogP contribution < -0.4 is 5.32 Å². The number of ether oxygens (including phenoxy) is 1. The number of fused-ring (bicyclic) bond motifs is 1. The zero-order valence-corrected chi connectivity index (χ0v) is 16.2. The minimum atomic E-state index is -0.991. The number of nitrogens with zero attached hydrogens (tertiary/aromatic N) is 2. The van der Waals surface area contributed by atoms with Crippen LogP contribution in [0.25, 0.3) is 11.1 Å². The fourth-order valence-electron chi connectivity index (χ4n) is 3.73. The molecule has 4 rings (SSSR count). The van der Waals surface area contributed by atoms with Gasteiger partial charge in [0.05, 0.1) is 22.1 Å². The normalized spacial score (nSPS) is 19.1. The van der Waals surface area contributed by atoms with Crippen molar-refractivity contribution in [1.82, 2.24) is 15.5 Å². The van der Waals surface area contributed by atoms with Crippen molar-refractivity contribution in [3.05, 3.63) is 23.0 Å². The van der Waals surface area contributed by atoms with Crippen molar-refractivity contribution < 1.29 is 24.0 Å². The molecule has 150 valence electrons. The first-order valence-electron chi connectivity index (χ1n) is 9.81. The second-order valence-electron chi connectivity index (χ2n) is 8.15. The number of carboxylic acids is 1. The minimum Gasteiger partial charge on any atom is -0.481 e. The summed E-state index contributed by atoms with van der Waals surface area (Å²) in [7, 11) is 0. The Labute approximate surface area is 162 Å². The van der Waals surface area contributed by atoms with Gasteiger partial charge in [-0.3, -0.25) is 9.59 Å². The molecule has 28 heavy (non-hydrogen) atoms. The number of hydrogen-bond acceptors (Lipinski definition) is 6. The lowest BCUT2D eigenvalue weighted by molar-refractivity contribution is -0.154. The van der Waals surface area contributed by atoms with Crippen LogP contribution in [0.4, 0.5) is 0 Å². The lowest BCUT2D eigenvalue weighted by atomic mass is 9.80. The van der Waals surface area contributed by atoms with E-state index in [-0.39, 0.29) is 18.4 Å². The van der Waals surface area contributed by atoms with Crippen molar-refractivity contribution >= 4 is 23.0 Å². The number of pyridine rings is 1. The van der Waals surface area contributed by atoms with Crippen LogP contribution in [-0.2, 0) is 9.53 Å². The summed E-state index contributed by atoms with van der Waals surface area (Å²) >= 11 is 0. The molecule has 8 heteroatoms. The molecule has 2 N–H and O–H groups in total. The summed E-state index contributed by atoms with van der Waals surface area (Å²) in [6.07, 6.45) is 2.86. The van der Waals surface area contributed by atoms with E-state index in [9.17, 15) is 14.7 Å². The molecule has 2 fully saturated rings. The molecule has 1 amide bonds. The van der Waals surface area contributed by atoms with E-state index in [4.69, 9.17) is 9.26 Å². The molecule has 2 aliphatic rings. The number of carbonyl (C=O) groups excluding carboxylic acids is 1. The van der Waals surface area contributed by atoms with Crippen molar-refractivity contribution in [2.75, 3.05) is 19.8 Å². The molecule has 1 aliphatic heterocycles. The molecule has 0 spiro atoms. The maximum absolute atomic E-state index is 13.1. The summed E-state index contributed by atoms with van der Waals surface area (Å²) in [4.78, 5) is 29.5. The molecule has 8 nitrogen and oxygen atoms in total. The first kappa shape index (κ1) is 18.9. The topological polar surface area (TPSA) is 115 Å². The second-order valence-corrected chi connectivity index (χ2v) is 8.15. The Kier molecular flexibility index (Phi) is 4.82. The van der Waals surface area contributed by atoms with E-state index in [2.05, 4.69) is 15.5 Å². The van der Waals surface area contributed by atoms with Gasteiger partial charge in [-0.2, -0.15) is 0 Å². The van der Waals surface area contributed by atoms with Crippen LogP contribution >= 0.6 is 0 Å². The van der Waals surface area contributed by atoms with Crippen LogP contribution in [0.2, 0.25) is 0 Å². The van der Waals surface area contributed by atoms with Gasteiger partial charge in [-0.05, 0) is 37.7 Å². The van der Waals surface area contributed by atoms with Crippen molar-refractivity contribution in [1.29, 1.82) is 0 Å². The number of rotatable bonds is 6. The van der Waals surface area contributed by atoms with Crippen LogP contribution in [0.15, 0.2) is 10.6 Å². The third-order valence-electron chi connectivity index (χ3n) is 5.77. The van der Waals surface area contributed by atoms with E-state index in [1.807, 2.05) is 19.9 Å². The average Bonchev–Trinajstić information content (AvgIpc) is 3.44. The zero-order chi connectivity index (χ0) is 19.9. The third-order valence-corrected chi connectivity index (χ3v) is 5.77. The Hall–Kier alpha value is -2.48. The summed E-state index contributed by atoms with van der Waals surface area (Å²) in [6.45, 7) is 4.80. The predicted molar refractivity (Wildman–Crippen MR) is 100 cm³/mol. The second kappa shape index (κ2) is 7.16. The quantitative estimate of drug-likeness (QED) is 0.783. The van der Waals surface area contributed by atoms with Gasteiger partial charge in [0.15, 0.2) is 0 Å². The molecular weight excluding hydrogens is 362 g/mol. The van der Waals surface area contributed by atoms with E-state index >= 15 is 0 Å². The Bertz CT molecular complexity index is 910. The van der Waals surface area contributed by atoms with Crippen LogP contribution in [0.3, 0.4) is 0 Å². The standard InChI is InChI=1S/C20H25N3O5/c1-11(2)16-15-13(9-14(12-3-4-12)22-18(15)28-23-16)17(24)21-10-20(19(25)26)5-7-27-8-6-20/h9,11-12H,3-8,10H2,1-2H3,(H,21,24)(H,25,26). The van der Waals surface area contributed by atoms with Crippen molar-refractivity contribution in [2.45, 2.75) is 51.4 Å². The minimum absolute atomic E-state index is 0.0649. The highest BCUT2D eigenvalue weighted by Gasteiger charge is 2.41. The maximum atomic E-state index is 13.1. The Balaban J connectivity index is 1.66. The molecule has 2 aromatic heterocycles. The van der Waals surface area contributed by atoms with E-state index < -0.39 is 11.4 Å². The summed E-state index contributed by atoms with van der Waals surface area (Å²) in [5, 5.41) is 17.3. The van der Waals surface area contributed by atoms with Gasteiger partial charge >= 0.3 is 5.97 Å². The number of aliphatic carboxylic acids is 1. The van der Waals surface area contributed by atoms with E-state index in [1.54, 1.807) is 0 Å². The number of carboxylic acid groups (broad SMARTS) is 1. The van der Waals surface area contributed by atoms with Gasteiger partial charge in [-0.25, -0.2) is 4.98 Å². The van der Waals surface area contributed by atoms with Gasteiger partial charge in [0.1, 0.15) is 0 Å². The van der Waals surface area contributed by atoms with E-state index in [0.29, 0.717) is 54.3 Å². The first-order valence-corrected chi connectivity index (χ1v) is 9.81. The molecule has 0 atom stereocenters. The van der Waals surface area contributed by atoms with Gasteiger partial charge in [-0.15, -0.1) is 0 Å². The fourth-order valence-corrected chi connectivity index (χ4v) is 3.73. The van der Waals surface area contributed by atoms with E-state index in [0.717, 1.165) is 18.5 Å². The molecular formula is C20H25N3O5. The van der Waals surface area contributed by atoms with Gasteiger partial charge < -0.3 is 19.7 Å². The van der Waals surface area contributed by atoms with Gasteiger partial charge in [0, 0.05) is 31.4 Å². The van der Waals surface area contributed by atoms with Crippen molar-refractivity contribution in [3.8, 4) is 0 Å². The molecule has 0 radical (unpaired) electrons. The molecule has 1 saturated heterocycles. The molecule has 1 saturated carbocycles. The third kappa shape index (κ3) is 3.37. The van der Waals surface area contributed by atoms with Crippen LogP contribution in [0.5, 0.6) is 0 Å². The number of aromatic nitrogens is 2. The van der Waals surface area contributed by atoms with Gasteiger partial charge in [0.2, 0.25) is 0 Å². The number of nitrogens with one attached hydrogen (secondary N) is 1. The highest BCUT2D eigenvalue weighted by atomic mass is 16.5. The number of amides is 1. The SMILES string of the molecule is CC(C)c1noc2nc(C3CC3)cc(C(=O)NCC3(C(=O)O)CCOCC3)c12. The molecule has 0 unspecified atom stereocenters. The van der Waals surface area contributed by atoms with Gasteiger partial charge in [-0.1, -0.05) is 19.0 Å². The summed E-state index contributed by atoms with van der Waals surface area (Å²) < 4.78 is 10.7. The molecule has 2 aromatic rings. The average molecular weight is 387 g/mol. The van der Waals surface area contributed by atoms with Crippen molar-refractivity contribution in [2.24, 2.45) is 5.41 Å². The Morgan fingerprint density at radius 1 is 1.32 bits per heavy atom. The largest absolute Gasteiger partial charge is 0.481 e. The first-order chi connectivity index (χ1) is 13.4. The number of hydrogen-bond donors (Lipinski definition) is 2. The number of carbonyl (C=O) groups is 2. The fraction of sp³-hybridized carbons (Fsp3) is 0.600. The smallest absolute Gasteiger partial charge is 0.311 e. The monoisotopic (exact) mass is 387 g/mol. The Morgan fingerprint density at radius 2 is 2.04 bits per heavy atom. The summed E-state index contributed by atoms with van der Waals surface area (Å²) in [6, 6.07) is 1.82. The van der Waals surface area contributed by atoms with Crippen LogP contribution in [-0.4, -0.2) is 46.9 Å². The maximum Gasteiger partial charge on any atom is 0.311 e. The lowest BCUT2D eigenvalue weighted by Crippen LogP contribution is -2.46. The lowest BCUT2D eigenvalue weighted by Gasteiger charge is -2.33. The summed E-state index contributed by atoms with van der Waals surface area (Å²) in [5.74, 6) is -0.791. The highest BCUT2D eigenvalue weighted by Crippen LogP contribution is 2.41. The molecule has 1 aliphatic carbocycles. The zero-order valence-electron chi connectivity index (χ0n) is 16.2. The molecule has 3 heterocycles. The molecule has 0 bridgehead atoms. The molecule has 0 aromatic carbocycles. The van der Waals surface area contributed by atoms with Crippen LogP contribution in [0, 0.1) is 5.41 Å². The Morgan fingerprint density at radius 3 is 2.64 bits per heavy atom. The predicted octanol–water partition coefficient (Wildman–Crippen LogP) is 2.83. The van der Waals surface area contributed by atoms with Gasteiger partial charge in [0.25, 0.3) is 11.6 Å². The van der Waals surface area contributed by atoms with Crippen molar-refractivity contribution in [3.63, 3.8) is 0 Å². The van der Waals surface area contributed by atoms with Crippen LogP contribution in [0.1, 0.15) is 73.1 Å².